The molecular weight excluding hydrogens is 357 g/mol. The van der Waals surface area contributed by atoms with Crippen LogP contribution in [0.25, 0.3) is 20.4 Å². The molecule has 0 spiro atoms. The number of hydrogen-bond acceptors (Lipinski definition) is 4. The van der Waals surface area contributed by atoms with E-state index in [4.69, 9.17) is 24.4 Å². The average Bonchev–Trinajstić information content (AvgIpc) is 2.99. The summed E-state index contributed by atoms with van der Waals surface area (Å²) in [7, 11) is 0. The fourth-order valence-corrected chi connectivity index (χ4v) is 4.02. The van der Waals surface area contributed by atoms with Crippen molar-refractivity contribution in [3.8, 4) is 0 Å². The van der Waals surface area contributed by atoms with E-state index >= 15 is 0 Å². The van der Waals surface area contributed by atoms with Gasteiger partial charge in [0, 0.05) is 0 Å². The molecule has 0 saturated carbocycles. The number of para-hydroxylation sites is 2. The number of hydrogen-bond donors (Lipinski definition) is 2. The number of benzene rings is 2. The molecule has 2 N–H and O–H groups in total. The Balaban J connectivity index is 0.000000147. The monoisotopic (exact) mass is 368 g/mol. The first kappa shape index (κ1) is 16.4. The summed E-state index contributed by atoms with van der Waals surface area (Å²) in [6.45, 7) is 0. The van der Waals surface area contributed by atoms with Crippen LogP contribution in [0.2, 0.25) is 0 Å². The van der Waals surface area contributed by atoms with Gasteiger partial charge in [0.2, 0.25) is 0 Å². The third kappa shape index (κ3) is 4.02. The summed E-state index contributed by atoms with van der Waals surface area (Å²) in [6, 6.07) is 16.2. The van der Waals surface area contributed by atoms with Crippen LogP contribution in [-0.2, 0) is 0 Å². The highest BCUT2D eigenvalue weighted by Gasteiger charge is 1.92. The molecule has 2 heterocycles. The summed E-state index contributed by atoms with van der Waals surface area (Å²) in [5.41, 5.74) is 2.27. The Morgan fingerprint density at radius 3 is 1.43 bits per heavy atom. The zero-order valence-corrected chi connectivity index (χ0v) is 15.0. The van der Waals surface area contributed by atoms with E-state index in [0.717, 1.165) is 18.9 Å². The van der Waals surface area contributed by atoms with Crippen LogP contribution in [0.4, 0.5) is 0 Å². The number of fused-ring (bicyclic) bond motifs is 2. The summed E-state index contributed by atoms with van der Waals surface area (Å²) in [5.74, 6) is 0. The van der Waals surface area contributed by atoms with Crippen molar-refractivity contribution in [2.45, 2.75) is 0 Å². The maximum Gasteiger partial charge on any atom is 0.159 e. The van der Waals surface area contributed by atoms with Crippen LogP contribution in [0.15, 0.2) is 48.5 Å². The standard InChI is InChI=1S/2C7H5NS2.H2S/c2*9-7-8-5-3-1-2-4-6(5)10-7;/h2*1-4H,(H,8,9);1H2. The van der Waals surface area contributed by atoms with Gasteiger partial charge in [0.25, 0.3) is 0 Å². The lowest BCUT2D eigenvalue weighted by Crippen LogP contribution is -1.62. The maximum atomic E-state index is 4.98. The highest BCUT2D eigenvalue weighted by Crippen LogP contribution is 2.18. The minimum absolute atomic E-state index is 0. The Bertz CT molecular complexity index is 808. The lowest BCUT2D eigenvalue weighted by molar-refractivity contribution is 1.47. The molecule has 21 heavy (non-hydrogen) atoms. The van der Waals surface area contributed by atoms with Gasteiger partial charge in [-0.25, -0.2) is 0 Å². The SMILES string of the molecule is S.S=c1[nH]c2ccccc2s1.S=c1[nH]c2ccccc2s1. The predicted octanol–water partition coefficient (Wildman–Crippen LogP) is 6.03. The fraction of sp³-hybridized carbons (Fsp3) is 0. The molecule has 0 aliphatic rings. The first-order chi connectivity index (χ1) is 9.72. The van der Waals surface area contributed by atoms with Gasteiger partial charge in [0.1, 0.15) is 0 Å². The second kappa shape index (κ2) is 7.33. The molecule has 108 valence electrons. The topological polar surface area (TPSA) is 31.6 Å². The largest absolute Gasteiger partial charge is 0.337 e. The molecular formula is C14H12N2S5. The molecule has 2 aromatic heterocycles. The molecule has 0 radical (unpaired) electrons. The zero-order valence-electron chi connectivity index (χ0n) is 10.8. The zero-order chi connectivity index (χ0) is 13.9. The number of aromatic amines is 2. The van der Waals surface area contributed by atoms with E-state index in [2.05, 4.69) is 22.1 Å². The van der Waals surface area contributed by atoms with Gasteiger partial charge in [-0.3, -0.25) is 0 Å². The third-order valence-corrected chi connectivity index (χ3v) is 5.08. The van der Waals surface area contributed by atoms with Crippen molar-refractivity contribution in [3.05, 3.63) is 56.4 Å². The first-order valence-corrected chi connectivity index (χ1v) is 8.33. The summed E-state index contributed by atoms with van der Waals surface area (Å²) in [6.07, 6.45) is 0. The Hall–Kier alpha value is -0.990. The lowest BCUT2D eigenvalue weighted by atomic mass is 10.3. The van der Waals surface area contributed by atoms with Crippen molar-refractivity contribution in [1.82, 2.24) is 9.97 Å². The first-order valence-electron chi connectivity index (χ1n) is 5.88. The lowest BCUT2D eigenvalue weighted by Gasteiger charge is -1.81. The van der Waals surface area contributed by atoms with E-state index in [1.54, 1.807) is 22.7 Å². The minimum Gasteiger partial charge on any atom is -0.337 e. The van der Waals surface area contributed by atoms with Gasteiger partial charge in [0.05, 0.1) is 20.4 Å². The molecule has 0 unspecified atom stereocenters. The van der Waals surface area contributed by atoms with Crippen molar-refractivity contribution in [1.29, 1.82) is 0 Å². The van der Waals surface area contributed by atoms with Gasteiger partial charge in [-0.15, -0.1) is 22.7 Å². The van der Waals surface area contributed by atoms with E-state index < -0.39 is 0 Å². The van der Waals surface area contributed by atoms with Crippen molar-refractivity contribution in [2.75, 3.05) is 0 Å². The van der Waals surface area contributed by atoms with Crippen LogP contribution in [-0.4, -0.2) is 9.97 Å². The van der Waals surface area contributed by atoms with Crippen molar-refractivity contribution in [2.24, 2.45) is 0 Å². The minimum atomic E-state index is 0. The Morgan fingerprint density at radius 1 is 0.667 bits per heavy atom. The molecule has 2 nitrogen and oxygen atoms in total. The Morgan fingerprint density at radius 2 is 1.05 bits per heavy atom. The molecule has 0 saturated heterocycles. The molecule has 0 amide bonds. The van der Waals surface area contributed by atoms with Crippen LogP contribution in [0.5, 0.6) is 0 Å². The van der Waals surface area contributed by atoms with E-state index in [1.165, 1.54) is 9.40 Å². The van der Waals surface area contributed by atoms with Gasteiger partial charge >= 0.3 is 0 Å². The van der Waals surface area contributed by atoms with E-state index in [0.29, 0.717) is 0 Å². The predicted molar refractivity (Wildman–Crippen MR) is 104 cm³/mol. The summed E-state index contributed by atoms with van der Waals surface area (Å²) >= 11 is 13.2. The van der Waals surface area contributed by atoms with Crippen molar-refractivity contribution >= 4 is 81.0 Å². The van der Waals surface area contributed by atoms with Gasteiger partial charge < -0.3 is 9.97 Å². The van der Waals surface area contributed by atoms with Crippen LogP contribution in [0, 0.1) is 7.91 Å². The Kier molecular flexibility index (Phi) is 5.72. The molecule has 2 aromatic carbocycles. The molecule has 4 rings (SSSR count). The molecule has 4 aromatic rings. The van der Waals surface area contributed by atoms with Crippen LogP contribution >= 0.6 is 60.6 Å². The van der Waals surface area contributed by atoms with E-state index in [1.807, 2.05) is 36.4 Å². The van der Waals surface area contributed by atoms with Crippen LogP contribution in [0.1, 0.15) is 0 Å². The van der Waals surface area contributed by atoms with Gasteiger partial charge in [0.15, 0.2) is 7.91 Å². The summed E-state index contributed by atoms with van der Waals surface area (Å²) < 4.78 is 4.16. The number of H-pyrrole nitrogens is 2. The average molecular weight is 369 g/mol. The number of rotatable bonds is 0. The van der Waals surface area contributed by atoms with Crippen molar-refractivity contribution in [3.63, 3.8) is 0 Å². The highest BCUT2D eigenvalue weighted by molar-refractivity contribution is 7.74. The maximum absolute atomic E-state index is 4.98. The molecule has 7 heteroatoms. The molecule has 0 atom stereocenters. The van der Waals surface area contributed by atoms with Crippen LogP contribution in [0.3, 0.4) is 0 Å². The second-order valence-electron chi connectivity index (χ2n) is 4.02. The number of aromatic nitrogens is 2. The number of thiazole rings is 2. The van der Waals surface area contributed by atoms with Gasteiger partial charge in [-0.05, 0) is 48.7 Å². The smallest absolute Gasteiger partial charge is 0.159 e. The molecule has 0 fully saturated rings. The molecule has 0 bridgehead atoms. The quantitative estimate of drug-likeness (QED) is 0.371. The van der Waals surface area contributed by atoms with E-state index in [9.17, 15) is 0 Å². The third-order valence-electron chi connectivity index (χ3n) is 2.65. The van der Waals surface area contributed by atoms with Crippen molar-refractivity contribution < 1.29 is 0 Å². The van der Waals surface area contributed by atoms with Crippen LogP contribution < -0.4 is 0 Å². The second-order valence-corrected chi connectivity index (χ2v) is 7.46. The molecule has 0 aliphatic carbocycles. The van der Waals surface area contributed by atoms with E-state index in [-0.39, 0.29) is 13.5 Å². The highest BCUT2D eigenvalue weighted by atomic mass is 32.2. The summed E-state index contributed by atoms with van der Waals surface area (Å²) in [4.78, 5) is 6.18. The Labute approximate surface area is 146 Å². The molecule has 0 aliphatic heterocycles. The summed E-state index contributed by atoms with van der Waals surface area (Å²) in [5, 5.41) is 0. The van der Waals surface area contributed by atoms with Gasteiger partial charge in [-0.2, -0.15) is 13.5 Å². The normalized spacial score (nSPS) is 9.90. The fourth-order valence-electron chi connectivity index (χ4n) is 1.79. The van der Waals surface area contributed by atoms with Gasteiger partial charge in [-0.1, -0.05) is 24.3 Å². The number of nitrogens with one attached hydrogen (secondary N) is 2.